The second-order valence-electron chi connectivity index (χ2n) is 3.25. The minimum absolute atomic E-state index is 0.126. The number of halogens is 1. The van der Waals surface area contributed by atoms with Crippen LogP contribution in [0.4, 0.5) is 0 Å². The topological polar surface area (TPSA) is 67.5 Å². The van der Waals surface area contributed by atoms with Crippen LogP contribution in [0.2, 0.25) is 0 Å². The van der Waals surface area contributed by atoms with Crippen molar-refractivity contribution in [1.82, 2.24) is 0 Å². The number of fused-ring (bicyclic) bond motifs is 1. The average molecular weight is 239 g/mol. The molecule has 82 valence electrons. The predicted octanol–water partition coefficient (Wildman–Crippen LogP) is 1.66. The highest BCUT2D eigenvalue weighted by molar-refractivity contribution is 6.67. The van der Waals surface area contributed by atoms with Gasteiger partial charge in [0, 0.05) is 5.39 Å². The van der Waals surface area contributed by atoms with E-state index < -0.39 is 10.9 Å². The number of benzene rings is 1. The van der Waals surface area contributed by atoms with Crippen LogP contribution in [0.15, 0.2) is 33.5 Å². The van der Waals surface area contributed by atoms with Crippen molar-refractivity contribution in [3.05, 3.63) is 45.8 Å². The molecule has 5 heteroatoms. The third-order valence-corrected chi connectivity index (χ3v) is 2.39. The predicted molar refractivity (Wildman–Crippen MR) is 58.6 cm³/mol. The smallest absolute Gasteiger partial charge is 0.348 e. The molecule has 1 heterocycles. The van der Waals surface area contributed by atoms with Gasteiger partial charge in [-0.3, -0.25) is 4.79 Å². The molecule has 0 fully saturated rings. The molecular weight excluding hydrogens is 232 g/mol. The van der Waals surface area contributed by atoms with Crippen LogP contribution in [0, 0.1) is 0 Å². The summed E-state index contributed by atoms with van der Waals surface area (Å²) in [4.78, 5) is 22.2. The zero-order valence-corrected chi connectivity index (χ0v) is 8.82. The molecule has 1 N–H and O–H groups in total. The number of rotatable bonds is 2. The van der Waals surface area contributed by atoms with Gasteiger partial charge in [-0.2, -0.15) is 0 Å². The van der Waals surface area contributed by atoms with Crippen molar-refractivity contribution in [3.63, 3.8) is 0 Å². The summed E-state index contributed by atoms with van der Waals surface area (Å²) in [6, 6.07) is 6.18. The Kier molecular flexibility index (Phi) is 2.77. The van der Waals surface area contributed by atoms with E-state index >= 15 is 0 Å². The van der Waals surface area contributed by atoms with Gasteiger partial charge >= 0.3 is 5.63 Å². The van der Waals surface area contributed by atoms with Gasteiger partial charge < -0.3 is 9.52 Å². The van der Waals surface area contributed by atoms with Gasteiger partial charge in [-0.05, 0) is 35.4 Å². The van der Waals surface area contributed by atoms with Crippen LogP contribution in [0.5, 0.6) is 0 Å². The summed E-state index contributed by atoms with van der Waals surface area (Å²) < 4.78 is 4.91. The first-order valence-electron chi connectivity index (χ1n) is 4.49. The maximum atomic E-state index is 11.3. The maximum Gasteiger partial charge on any atom is 0.348 e. The number of carbonyl (C=O) groups excluding carboxylic acids is 1. The summed E-state index contributed by atoms with van der Waals surface area (Å²) in [5.41, 5.74) is 0.0479. The molecule has 0 radical (unpaired) electrons. The van der Waals surface area contributed by atoms with E-state index in [0.717, 1.165) is 0 Å². The summed E-state index contributed by atoms with van der Waals surface area (Å²) in [6.07, 6.45) is 0. The van der Waals surface area contributed by atoms with E-state index in [1.54, 1.807) is 18.2 Å². The Hall–Kier alpha value is -1.65. The van der Waals surface area contributed by atoms with E-state index in [1.807, 2.05) is 0 Å². The van der Waals surface area contributed by atoms with Crippen LogP contribution in [0.25, 0.3) is 11.0 Å². The molecule has 1 aromatic carbocycles. The number of aliphatic hydroxyl groups is 1. The van der Waals surface area contributed by atoms with Gasteiger partial charge in [-0.25, -0.2) is 4.79 Å². The molecule has 4 nitrogen and oxygen atoms in total. The minimum Gasteiger partial charge on any atom is -0.422 e. The first-order valence-corrected chi connectivity index (χ1v) is 4.87. The average Bonchev–Trinajstić information content (AvgIpc) is 2.27. The molecule has 2 rings (SSSR count). The van der Waals surface area contributed by atoms with Crippen LogP contribution >= 0.6 is 11.6 Å². The highest BCUT2D eigenvalue weighted by atomic mass is 35.5. The number of aliphatic hydroxyl groups excluding tert-OH is 1. The minimum atomic E-state index is -0.856. The van der Waals surface area contributed by atoms with E-state index in [4.69, 9.17) is 21.1 Å². The second-order valence-corrected chi connectivity index (χ2v) is 3.59. The third kappa shape index (κ3) is 1.85. The molecule has 0 bridgehead atoms. The third-order valence-electron chi connectivity index (χ3n) is 2.19. The fourth-order valence-corrected chi connectivity index (χ4v) is 1.54. The first-order chi connectivity index (χ1) is 7.61. The summed E-state index contributed by atoms with van der Waals surface area (Å²) in [6.45, 7) is -0.126. The fourth-order valence-electron chi connectivity index (χ4n) is 1.41. The molecule has 0 spiro atoms. The largest absolute Gasteiger partial charge is 0.422 e. The van der Waals surface area contributed by atoms with Crippen molar-refractivity contribution in [1.29, 1.82) is 0 Å². The summed E-state index contributed by atoms with van der Waals surface area (Å²) in [5.74, 6) is 0. The highest BCUT2D eigenvalue weighted by Gasteiger charge is 2.11. The van der Waals surface area contributed by atoms with Crippen LogP contribution in [-0.4, -0.2) is 10.3 Å². The Morgan fingerprint density at radius 1 is 1.38 bits per heavy atom. The van der Waals surface area contributed by atoms with Gasteiger partial charge in [-0.1, -0.05) is 6.07 Å². The highest BCUT2D eigenvalue weighted by Crippen LogP contribution is 2.16. The standard InChI is InChI=1S/C11H7ClO4/c12-10(14)8-4-7-3-6(5-13)1-2-9(7)16-11(8)15/h1-4,13H,5H2. The number of hydrogen-bond donors (Lipinski definition) is 1. The molecule has 1 aromatic heterocycles. The van der Waals surface area contributed by atoms with Crippen molar-refractivity contribution >= 4 is 27.8 Å². The quantitative estimate of drug-likeness (QED) is 0.638. The second kappa shape index (κ2) is 4.08. The molecule has 0 aliphatic carbocycles. The Morgan fingerprint density at radius 2 is 2.12 bits per heavy atom. The fraction of sp³-hybridized carbons (Fsp3) is 0.0909. The van der Waals surface area contributed by atoms with Crippen molar-refractivity contribution in [2.75, 3.05) is 0 Å². The van der Waals surface area contributed by atoms with Crippen molar-refractivity contribution in [2.24, 2.45) is 0 Å². The van der Waals surface area contributed by atoms with Crippen molar-refractivity contribution in [3.8, 4) is 0 Å². The molecule has 0 unspecified atom stereocenters. The molecule has 2 aromatic rings. The Bertz CT molecular complexity index is 615. The van der Waals surface area contributed by atoms with E-state index in [9.17, 15) is 9.59 Å². The number of carbonyl (C=O) groups is 1. The molecule has 0 aliphatic rings. The zero-order chi connectivity index (χ0) is 11.7. The van der Waals surface area contributed by atoms with E-state index in [1.165, 1.54) is 6.07 Å². The van der Waals surface area contributed by atoms with Crippen LogP contribution in [0.1, 0.15) is 15.9 Å². The van der Waals surface area contributed by atoms with Gasteiger partial charge in [0.2, 0.25) is 0 Å². The monoisotopic (exact) mass is 238 g/mol. The van der Waals surface area contributed by atoms with Gasteiger partial charge in [0.15, 0.2) is 0 Å². The Labute approximate surface area is 95.1 Å². The normalized spacial score (nSPS) is 10.6. The lowest BCUT2D eigenvalue weighted by molar-refractivity contribution is 0.107. The summed E-state index contributed by atoms with van der Waals surface area (Å²) in [7, 11) is 0. The Morgan fingerprint density at radius 3 is 2.75 bits per heavy atom. The summed E-state index contributed by atoms with van der Waals surface area (Å²) in [5, 5.41) is 8.64. The number of hydrogen-bond acceptors (Lipinski definition) is 4. The Balaban J connectivity index is 2.75. The van der Waals surface area contributed by atoms with Crippen molar-refractivity contribution in [2.45, 2.75) is 6.61 Å². The summed E-state index contributed by atoms with van der Waals surface area (Å²) >= 11 is 5.23. The van der Waals surface area contributed by atoms with Crippen molar-refractivity contribution < 1.29 is 14.3 Å². The molecule has 0 amide bonds. The van der Waals surface area contributed by atoms with E-state index in [2.05, 4.69) is 0 Å². The van der Waals surface area contributed by atoms with Gasteiger partial charge in [0.05, 0.1) is 6.61 Å². The van der Waals surface area contributed by atoms with Crippen LogP contribution in [0.3, 0.4) is 0 Å². The molecule has 0 aliphatic heterocycles. The van der Waals surface area contributed by atoms with E-state index in [0.29, 0.717) is 16.5 Å². The lowest BCUT2D eigenvalue weighted by Crippen LogP contribution is -2.09. The molecule has 0 atom stereocenters. The first kappa shape index (κ1) is 10.9. The zero-order valence-electron chi connectivity index (χ0n) is 8.07. The van der Waals surface area contributed by atoms with Gasteiger partial charge in [0.25, 0.3) is 5.24 Å². The maximum absolute atomic E-state index is 11.3. The van der Waals surface area contributed by atoms with E-state index in [-0.39, 0.29) is 12.2 Å². The molecule has 0 saturated carbocycles. The van der Waals surface area contributed by atoms with Crippen LogP contribution < -0.4 is 5.63 Å². The molecule has 16 heavy (non-hydrogen) atoms. The SMILES string of the molecule is O=C(Cl)c1cc2cc(CO)ccc2oc1=O. The lowest BCUT2D eigenvalue weighted by Gasteiger charge is -2.00. The van der Waals surface area contributed by atoms with Crippen LogP contribution in [-0.2, 0) is 6.61 Å². The van der Waals surface area contributed by atoms with Gasteiger partial charge in [-0.15, -0.1) is 0 Å². The van der Waals surface area contributed by atoms with Gasteiger partial charge in [0.1, 0.15) is 11.1 Å². The molecule has 0 saturated heterocycles. The lowest BCUT2D eigenvalue weighted by atomic mass is 10.1. The molecular formula is C11H7ClO4.